The summed E-state index contributed by atoms with van der Waals surface area (Å²) >= 11 is 0.714. The number of halogens is 1. The van der Waals surface area contributed by atoms with E-state index >= 15 is 0 Å². The highest BCUT2D eigenvalue weighted by Gasteiger charge is 2.37. The van der Waals surface area contributed by atoms with Gasteiger partial charge in [-0.15, -0.1) is 0 Å². The van der Waals surface area contributed by atoms with Gasteiger partial charge in [-0.2, -0.15) is 4.37 Å². The minimum Gasteiger partial charge on any atom is -0.497 e. The van der Waals surface area contributed by atoms with Crippen LogP contribution in [-0.4, -0.2) is 34.2 Å². The first kappa shape index (κ1) is 27.3. The molecule has 41 heavy (non-hydrogen) atoms. The molecule has 10 nitrogen and oxygen atoms in total. The van der Waals surface area contributed by atoms with Gasteiger partial charge in [0.15, 0.2) is 5.69 Å². The summed E-state index contributed by atoms with van der Waals surface area (Å²) in [5.74, 6) is -2.03. The molecule has 3 amide bonds. The average molecular weight is 573 g/mol. The summed E-state index contributed by atoms with van der Waals surface area (Å²) in [6.07, 6.45) is 1.66. The number of methoxy groups -OCH3 is 1. The maximum Gasteiger partial charge on any atom is 0.273 e. The summed E-state index contributed by atoms with van der Waals surface area (Å²) in [4.78, 5) is 44.6. The summed E-state index contributed by atoms with van der Waals surface area (Å²) in [7, 11) is 1.48. The molecule has 208 valence electrons. The molecule has 0 radical (unpaired) electrons. The van der Waals surface area contributed by atoms with Gasteiger partial charge in [0.2, 0.25) is 5.91 Å². The highest BCUT2D eigenvalue weighted by Crippen LogP contribution is 2.37. The molecular weight excluding hydrogens is 547 g/mol. The van der Waals surface area contributed by atoms with Crippen molar-refractivity contribution in [1.82, 2.24) is 14.7 Å². The molecule has 0 aliphatic heterocycles. The third-order valence-corrected chi connectivity index (χ3v) is 7.36. The predicted octanol–water partition coefficient (Wildman–Crippen LogP) is 4.16. The second-order valence-corrected chi connectivity index (χ2v) is 9.82. The molecule has 1 atom stereocenters. The highest BCUT2D eigenvalue weighted by molar-refractivity contribution is 7.09. The molecule has 6 N–H and O–H groups in total. The lowest BCUT2D eigenvalue weighted by molar-refractivity contribution is -0.122. The average Bonchev–Trinajstić information content (AvgIpc) is 3.58. The minimum absolute atomic E-state index is 0.0576. The number of nitrogens with one attached hydrogen (secondary N) is 2. The van der Waals surface area contributed by atoms with E-state index in [0.29, 0.717) is 39.5 Å². The molecule has 3 aromatic carbocycles. The molecule has 0 bridgehead atoms. The van der Waals surface area contributed by atoms with Crippen LogP contribution >= 0.6 is 11.5 Å². The van der Waals surface area contributed by atoms with E-state index in [9.17, 15) is 18.8 Å². The van der Waals surface area contributed by atoms with Crippen LogP contribution in [0.2, 0.25) is 0 Å². The Balaban J connectivity index is 1.66. The number of primary amides is 1. The normalized spacial score (nSPS) is 11.7. The van der Waals surface area contributed by atoms with Gasteiger partial charge in [0.25, 0.3) is 11.8 Å². The zero-order valence-electron chi connectivity index (χ0n) is 21.8. The van der Waals surface area contributed by atoms with E-state index in [-0.39, 0.29) is 22.8 Å². The van der Waals surface area contributed by atoms with E-state index in [0.717, 1.165) is 5.52 Å². The Hall–Kier alpha value is -5.23. The number of aromatic nitrogens is 2. The maximum atomic E-state index is 14.3. The Labute approximate surface area is 237 Å². The lowest BCUT2D eigenvalue weighted by Crippen LogP contribution is -2.44. The number of fused-ring (bicyclic) bond motifs is 1. The molecule has 5 aromatic rings. The zero-order chi connectivity index (χ0) is 29.1. The second-order valence-electron chi connectivity index (χ2n) is 9.05. The van der Waals surface area contributed by atoms with Crippen molar-refractivity contribution in [3.8, 4) is 5.75 Å². The fourth-order valence-corrected chi connectivity index (χ4v) is 5.23. The van der Waals surface area contributed by atoms with Gasteiger partial charge in [-0.25, -0.2) is 4.39 Å². The molecule has 2 aromatic heterocycles. The van der Waals surface area contributed by atoms with Crippen LogP contribution in [-0.2, 0) is 11.3 Å². The van der Waals surface area contributed by atoms with Crippen molar-refractivity contribution in [1.29, 1.82) is 0 Å². The van der Waals surface area contributed by atoms with E-state index in [4.69, 9.17) is 16.2 Å². The van der Waals surface area contributed by atoms with Gasteiger partial charge >= 0.3 is 0 Å². The van der Waals surface area contributed by atoms with Crippen LogP contribution in [0.5, 0.6) is 5.75 Å². The molecule has 0 saturated carbocycles. The van der Waals surface area contributed by atoms with Crippen LogP contribution < -0.4 is 26.4 Å². The van der Waals surface area contributed by atoms with Gasteiger partial charge in [-0.05, 0) is 47.4 Å². The first-order chi connectivity index (χ1) is 19.8. The third-order valence-electron chi connectivity index (χ3n) is 6.51. The maximum absolute atomic E-state index is 14.3. The number of nitrogens with two attached hydrogens (primary N) is 2. The van der Waals surface area contributed by atoms with Crippen LogP contribution in [0.4, 0.5) is 15.8 Å². The number of H-pyrrole nitrogens is 1. The number of benzene rings is 3. The Morgan fingerprint density at radius 3 is 2.56 bits per heavy atom. The monoisotopic (exact) mass is 572 g/mol. The lowest BCUT2D eigenvalue weighted by Gasteiger charge is -2.31. The molecule has 0 aliphatic carbocycles. The Morgan fingerprint density at radius 2 is 1.85 bits per heavy atom. The predicted molar refractivity (Wildman–Crippen MR) is 154 cm³/mol. The van der Waals surface area contributed by atoms with Crippen LogP contribution in [0.25, 0.3) is 10.9 Å². The summed E-state index contributed by atoms with van der Waals surface area (Å²) < 4.78 is 22.8. The van der Waals surface area contributed by atoms with Crippen molar-refractivity contribution in [2.45, 2.75) is 12.6 Å². The number of nitrogen functional groups attached to an aromatic ring is 1. The van der Waals surface area contributed by atoms with Crippen molar-refractivity contribution < 1.29 is 23.5 Å². The molecule has 1 unspecified atom stereocenters. The molecule has 5 rings (SSSR count). The third kappa shape index (κ3) is 5.45. The summed E-state index contributed by atoms with van der Waals surface area (Å²) in [5.41, 5.74) is 13.4. The van der Waals surface area contributed by atoms with E-state index in [1.807, 2.05) is 24.3 Å². The van der Waals surface area contributed by atoms with Crippen LogP contribution in [0.15, 0.2) is 79.0 Å². The molecular formula is C29H25FN6O4S. The number of nitrogens with zero attached hydrogens (tertiary/aromatic N) is 2. The first-order valence-electron chi connectivity index (χ1n) is 12.4. The number of hydrogen-bond acceptors (Lipinski definition) is 7. The molecule has 0 saturated heterocycles. The molecule has 0 spiro atoms. The molecule has 0 fully saturated rings. The van der Waals surface area contributed by atoms with Gasteiger partial charge < -0.3 is 26.5 Å². The van der Waals surface area contributed by atoms with Crippen molar-refractivity contribution in [2.24, 2.45) is 5.73 Å². The SMILES string of the molecule is COc1cccc(N(C(=O)c2snc(C(N)=O)c2N)C(C(=O)NCc2ccc(F)cc2)c2c[nH]c3ccccc23)c1. The smallest absolute Gasteiger partial charge is 0.273 e. The highest BCUT2D eigenvalue weighted by atomic mass is 32.1. The van der Waals surface area contributed by atoms with E-state index < -0.39 is 29.6 Å². The standard InChI is InChI=1S/C29H25FN6O4S/c1-40-19-6-4-5-18(13-19)36(29(39)26-23(31)24(27(32)37)35-41-26)25(21-15-33-22-8-3-2-7-20(21)22)28(38)34-14-16-9-11-17(30)12-10-16/h2-13,15,25,33H,14,31H2,1H3,(H2,32,37)(H,34,38). The van der Waals surface area contributed by atoms with Gasteiger partial charge in [-0.3, -0.25) is 19.3 Å². The Morgan fingerprint density at radius 1 is 1.10 bits per heavy atom. The number of rotatable bonds is 9. The van der Waals surface area contributed by atoms with Gasteiger partial charge in [0.05, 0.1) is 12.8 Å². The Bertz CT molecular complexity index is 1750. The minimum atomic E-state index is -1.22. The summed E-state index contributed by atoms with van der Waals surface area (Å²) in [6.45, 7) is 0.0760. The van der Waals surface area contributed by atoms with Crippen molar-refractivity contribution in [2.75, 3.05) is 17.7 Å². The second kappa shape index (κ2) is 11.5. The number of carbonyl (C=O) groups excluding carboxylic acids is 3. The van der Waals surface area contributed by atoms with Crippen LogP contribution in [0.3, 0.4) is 0 Å². The summed E-state index contributed by atoms with van der Waals surface area (Å²) in [5, 5.41) is 3.59. The molecule has 0 aliphatic rings. The summed E-state index contributed by atoms with van der Waals surface area (Å²) in [6, 6.07) is 18.5. The van der Waals surface area contributed by atoms with Crippen LogP contribution in [0, 0.1) is 5.82 Å². The van der Waals surface area contributed by atoms with Gasteiger partial charge in [-0.1, -0.05) is 36.4 Å². The first-order valence-corrected chi connectivity index (χ1v) is 13.2. The zero-order valence-corrected chi connectivity index (χ0v) is 22.6. The fourth-order valence-electron chi connectivity index (χ4n) is 4.49. The fraction of sp³-hybridized carbons (Fsp3) is 0.103. The lowest BCUT2D eigenvalue weighted by atomic mass is 10.0. The van der Waals surface area contributed by atoms with E-state index in [1.165, 1.54) is 24.1 Å². The quantitative estimate of drug-likeness (QED) is 0.208. The topological polar surface area (TPSA) is 156 Å². The molecule has 2 heterocycles. The number of anilines is 2. The number of para-hydroxylation sites is 1. The largest absolute Gasteiger partial charge is 0.497 e. The number of aromatic amines is 1. The van der Waals surface area contributed by atoms with Gasteiger partial charge in [0.1, 0.15) is 22.5 Å². The molecule has 12 heteroatoms. The number of ether oxygens (including phenoxy) is 1. The van der Waals surface area contributed by atoms with Crippen molar-refractivity contribution in [3.05, 3.63) is 107 Å². The van der Waals surface area contributed by atoms with Crippen LogP contribution in [0.1, 0.15) is 37.3 Å². The van der Waals surface area contributed by atoms with Gasteiger partial charge in [0, 0.05) is 41.0 Å². The van der Waals surface area contributed by atoms with E-state index in [1.54, 1.807) is 42.6 Å². The number of carbonyl (C=O) groups is 3. The van der Waals surface area contributed by atoms with Crippen molar-refractivity contribution >= 4 is 51.5 Å². The number of hydrogen-bond donors (Lipinski definition) is 4. The number of amides is 3. The van der Waals surface area contributed by atoms with E-state index in [2.05, 4.69) is 14.7 Å². The van der Waals surface area contributed by atoms with Crippen molar-refractivity contribution in [3.63, 3.8) is 0 Å². The Kier molecular flexibility index (Phi) is 7.66.